The van der Waals surface area contributed by atoms with Gasteiger partial charge >= 0.3 is 0 Å². The van der Waals surface area contributed by atoms with E-state index < -0.39 is 0 Å². The average Bonchev–Trinajstić information content (AvgIpc) is 3.28. The largest absolute Gasteiger partial charge is 0.497 e. The highest BCUT2D eigenvalue weighted by Gasteiger charge is 2.32. The third-order valence-corrected chi connectivity index (χ3v) is 4.85. The first-order valence-electron chi connectivity index (χ1n) is 7.85. The Balaban J connectivity index is 1.51. The number of rotatable bonds is 8. The van der Waals surface area contributed by atoms with Crippen LogP contribution in [0.25, 0.3) is 0 Å². The molecule has 2 aromatic rings. The van der Waals surface area contributed by atoms with Crippen molar-refractivity contribution in [2.45, 2.75) is 25.3 Å². The molecule has 1 aromatic heterocycles. The molecule has 0 aliphatic heterocycles. The van der Waals surface area contributed by atoms with Crippen LogP contribution in [0.1, 0.15) is 17.7 Å². The third kappa shape index (κ3) is 4.48. The molecule has 0 atom stereocenters. The molecule has 1 fully saturated rings. The maximum absolute atomic E-state index is 12.5. The summed E-state index contributed by atoms with van der Waals surface area (Å²) in [4.78, 5) is 15.8. The van der Waals surface area contributed by atoms with Crippen molar-refractivity contribution in [1.82, 2.24) is 4.90 Å². The monoisotopic (exact) mass is 331 g/mol. The number of ether oxygens (including phenoxy) is 2. The molecule has 3 rings (SSSR count). The van der Waals surface area contributed by atoms with Gasteiger partial charge in [-0.15, -0.1) is 11.3 Å². The molecular formula is C18H21NO3S. The maximum atomic E-state index is 12.5. The first-order valence-corrected chi connectivity index (χ1v) is 8.73. The van der Waals surface area contributed by atoms with Crippen molar-refractivity contribution >= 4 is 17.2 Å². The van der Waals surface area contributed by atoms with Crippen LogP contribution in [0.2, 0.25) is 0 Å². The van der Waals surface area contributed by atoms with Gasteiger partial charge in [0, 0.05) is 17.5 Å². The van der Waals surface area contributed by atoms with E-state index in [4.69, 9.17) is 9.47 Å². The van der Waals surface area contributed by atoms with Crippen molar-refractivity contribution in [3.8, 4) is 11.5 Å². The Hall–Kier alpha value is -2.01. The van der Waals surface area contributed by atoms with Gasteiger partial charge in [-0.2, -0.15) is 0 Å². The van der Waals surface area contributed by atoms with Crippen LogP contribution in [0, 0.1) is 0 Å². The van der Waals surface area contributed by atoms with Gasteiger partial charge in [0.1, 0.15) is 11.5 Å². The highest BCUT2D eigenvalue weighted by atomic mass is 32.1. The molecule has 0 radical (unpaired) electrons. The van der Waals surface area contributed by atoms with Gasteiger partial charge in [-0.05, 0) is 55.0 Å². The standard InChI is InChI=1S/C18H21NO3S/c1-21-15-6-8-16(9-7-15)22-13-18(20)19(14-4-5-14)11-10-17-3-2-12-23-17/h2-3,6-9,12,14H,4-5,10-11,13H2,1H3. The molecule has 0 saturated heterocycles. The van der Waals surface area contributed by atoms with Crippen LogP contribution in [-0.4, -0.2) is 37.1 Å². The summed E-state index contributed by atoms with van der Waals surface area (Å²) in [7, 11) is 1.63. The molecule has 1 aliphatic rings. The van der Waals surface area contributed by atoms with E-state index in [1.807, 2.05) is 29.2 Å². The van der Waals surface area contributed by atoms with Gasteiger partial charge in [-0.25, -0.2) is 0 Å². The summed E-state index contributed by atoms with van der Waals surface area (Å²) in [5.74, 6) is 1.53. The van der Waals surface area contributed by atoms with Crippen molar-refractivity contribution in [3.63, 3.8) is 0 Å². The summed E-state index contributed by atoms with van der Waals surface area (Å²) in [6, 6.07) is 11.9. The smallest absolute Gasteiger partial charge is 0.260 e. The minimum absolute atomic E-state index is 0.0693. The lowest BCUT2D eigenvalue weighted by molar-refractivity contribution is -0.133. The van der Waals surface area contributed by atoms with E-state index in [2.05, 4.69) is 17.5 Å². The van der Waals surface area contributed by atoms with E-state index in [-0.39, 0.29) is 12.5 Å². The first kappa shape index (κ1) is 15.9. The quantitative estimate of drug-likeness (QED) is 0.744. The molecule has 0 bridgehead atoms. The molecule has 0 spiro atoms. The van der Waals surface area contributed by atoms with Gasteiger partial charge in [0.2, 0.25) is 0 Å². The SMILES string of the molecule is COc1ccc(OCC(=O)N(CCc2cccs2)C2CC2)cc1. The highest BCUT2D eigenvalue weighted by Crippen LogP contribution is 2.27. The predicted molar refractivity (Wildman–Crippen MR) is 91.2 cm³/mol. The Morgan fingerprint density at radius 1 is 1.22 bits per heavy atom. The van der Waals surface area contributed by atoms with Crippen LogP contribution in [0.5, 0.6) is 11.5 Å². The number of carbonyl (C=O) groups is 1. The molecule has 1 aliphatic carbocycles. The minimum atomic E-state index is 0.0693. The molecule has 1 aromatic carbocycles. The fraction of sp³-hybridized carbons (Fsp3) is 0.389. The topological polar surface area (TPSA) is 38.8 Å². The zero-order chi connectivity index (χ0) is 16.1. The van der Waals surface area contributed by atoms with E-state index >= 15 is 0 Å². The van der Waals surface area contributed by atoms with Crippen molar-refractivity contribution in [2.75, 3.05) is 20.3 Å². The summed E-state index contributed by atoms with van der Waals surface area (Å²) >= 11 is 1.74. The first-order chi connectivity index (χ1) is 11.3. The van der Waals surface area contributed by atoms with E-state index in [0.29, 0.717) is 11.8 Å². The second-order valence-electron chi connectivity index (χ2n) is 5.61. The number of nitrogens with zero attached hydrogens (tertiary/aromatic N) is 1. The fourth-order valence-electron chi connectivity index (χ4n) is 2.48. The van der Waals surface area contributed by atoms with Crippen LogP contribution < -0.4 is 9.47 Å². The Morgan fingerprint density at radius 3 is 2.57 bits per heavy atom. The second-order valence-corrected chi connectivity index (χ2v) is 6.64. The molecule has 5 heteroatoms. The van der Waals surface area contributed by atoms with Crippen molar-refractivity contribution in [3.05, 3.63) is 46.7 Å². The number of amides is 1. The van der Waals surface area contributed by atoms with E-state index in [9.17, 15) is 4.79 Å². The molecular weight excluding hydrogens is 310 g/mol. The van der Waals surface area contributed by atoms with E-state index in [1.54, 1.807) is 18.4 Å². The number of thiophene rings is 1. The van der Waals surface area contributed by atoms with Crippen LogP contribution in [0.15, 0.2) is 41.8 Å². The Kier molecular flexibility index (Phi) is 5.18. The fourth-order valence-corrected chi connectivity index (χ4v) is 3.18. The number of hydrogen-bond donors (Lipinski definition) is 0. The molecule has 0 unspecified atom stereocenters. The number of carbonyl (C=O) groups excluding carboxylic acids is 1. The number of benzene rings is 1. The zero-order valence-electron chi connectivity index (χ0n) is 13.2. The van der Waals surface area contributed by atoms with Crippen LogP contribution in [0.3, 0.4) is 0 Å². The molecule has 0 N–H and O–H groups in total. The van der Waals surface area contributed by atoms with Gasteiger partial charge in [-0.1, -0.05) is 6.07 Å². The van der Waals surface area contributed by atoms with Crippen LogP contribution in [0.4, 0.5) is 0 Å². The van der Waals surface area contributed by atoms with Gasteiger partial charge in [0.05, 0.1) is 7.11 Å². The molecule has 122 valence electrons. The lowest BCUT2D eigenvalue weighted by Gasteiger charge is -2.22. The third-order valence-electron chi connectivity index (χ3n) is 3.91. The van der Waals surface area contributed by atoms with Crippen LogP contribution in [-0.2, 0) is 11.2 Å². The van der Waals surface area contributed by atoms with Crippen molar-refractivity contribution < 1.29 is 14.3 Å². The van der Waals surface area contributed by atoms with E-state index in [0.717, 1.165) is 31.6 Å². The second kappa shape index (κ2) is 7.51. The predicted octanol–water partition coefficient (Wildman–Crippen LogP) is 3.37. The van der Waals surface area contributed by atoms with Gasteiger partial charge in [0.25, 0.3) is 5.91 Å². The lowest BCUT2D eigenvalue weighted by Crippen LogP contribution is -2.38. The van der Waals surface area contributed by atoms with Crippen LogP contribution >= 0.6 is 11.3 Å². The lowest BCUT2D eigenvalue weighted by atomic mass is 10.3. The highest BCUT2D eigenvalue weighted by molar-refractivity contribution is 7.09. The molecule has 1 heterocycles. The summed E-state index contributed by atoms with van der Waals surface area (Å²) in [6.07, 6.45) is 3.14. The molecule has 1 amide bonds. The number of methoxy groups -OCH3 is 1. The van der Waals surface area contributed by atoms with Gasteiger partial charge in [-0.3, -0.25) is 4.79 Å². The summed E-state index contributed by atoms with van der Waals surface area (Å²) < 4.78 is 10.7. The van der Waals surface area contributed by atoms with Gasteiger partial charge < -0.3 is 14.4 Å². The van der Waals surface area contributed by atoms with Crippen molar-refractivity contribution in [1.29, 1.82) is 0 Å². The van der Waals surface area contributed by atoms with Gasteiger partial charge in [0.15, 0.2) is 6.61 Å². The number of hydrogen-bond acceptors (Lipinski definition) is 4. The Morgan fingerprint density at radius 2 is 1.96 bits per heavy atom. The maximum Gasteiger partial charge on any atom is 0.260 e. The molecule has 1 saturated carbocycles. The van der Waals surface area contributed by atoms with E-state index in [1.165, 1.54) is 4.88 Å². The summed E-state index contributed by atoms with van der Waals surface area (Å²) in [5.41, 5.74) is 0. The zero-order valence-corrected chi connectivity index (χ0v) is 14.1. The summed E-state index contributed by atoms with van der Waals surface area (Å²) in [6.45, 7) is 0.864. The Labute approximate surface area is 140 Å². The summed E-state index contributed by atoms with van der Waals surface area (Å²) in [5, 5.41) is 2.07. The molecule has 23 heavy (non-hydrogen) atoms. The average molecular weight is 331 g/mol. The normalized spacial score (nSPS) is 13.6. The minimum Gasteiger partial charge on any atom is -0.497 e. The molecule has 4 nitrogen and oxygen atoms in total. The Bertz CT molecular complexity index is 620. The van der Waals surface area contributed by atoms with Crippen molar-refractivity contribution in [2.24, 2.45) is 0 Å².